The number of hydrogen-bond acceptors (Lipinski definition) is 2. The van der Waals surface area contributed by atoms with E-state index in [1.165, 1.54) is 52.0 Å². The predicted octanol–water partition coefficient (Wildman–Crippen LogP) is 4.89. The molecule has 3 heterocycles. The zero-order valence-corrected chi connectivity index (χ0v) is 16.8. The Labute approximate surface area is 151 Å². The van der Waals surface area contributed by atoms with Gasteiger partial charge in [-0.05, 0) is 55.3 Å². The van der Waals surface area contributed by atoms with Gasteiger partial charge in [0.1, 0.15) is 0 Å². The van der Waals surface area contributed by atoms with Crippen LogP contribution >= 0.6 is 0 Å². The predicted molar refractivity (Wildman–Crippen MR) is 104 cm³/mol. The van der Waals surface area contributed by atoms with Crippen molar-refractivity contribution in [2.45, 2.75) is 78.7 Å². The second-order valence-electron chi connectivity index (χ2n) is 9.94. The Bertz CT molecular complexity index is 349. The molecule has 3 unspecified atom stereocenters. The van der Waals surface area contributed by atoms with Crippen molar-refractivity contribution >= 4 is 0 Å². The highest BCUT2D eigenvalue weighted by Gasteiger charge is 2.38. The zero-order chi connectivity index (χ0) is 17.1. The fraction of sp³-hybridized carbons (Fsp3) is 1.00. The first-order valence-corrected chi connectivity index (χ1v) is 11.0. The van der Waals surface area contributed by atoms with Crippen LogP contribution in [0.1, 0.15) is 72.6 Å². The van der Waals surface area contributed by atoms with Crippen LogP contribution in [-0.2, 0) is 0 Å². The quantitative estimate of drug-likeness (QED) is 0.722. The maximum absolute atomic E-state index is 2.68. The summed E-state index contributed by atoms with van der Waals surface area (Å²) in [6, 6.07) is 0.868. The van der Waals surface area contributed by atoms with E-state index in [1.807, 2.05) is 0 Å². The van der Waals surface area contributed by atoms with E-state index in [2.05, 4.69) is 37.5 Å². The molecule has 2 aliphatic carbocycles. The van der Waals surface area contributed by atoms with Crippen LogP contribution in [0.15, 0.2) is 0 Å². The summed E-state index contributed by atoms with van der Waals surface area (Å²) in [4.78, 5) is 5.30. The van der Waals surface area contributed by atoms with Crippen molar-refractivity contribution in [1.29, 1.82) is 0 Å². The van der Waals surface area contributed by atoms with Crippen LogP contribution in [0, 0.1) is 29.6 Å². The lowest BCUT2D eigenvalue weighted by Crippen LogP contribution is -2.61. The van der Waals surface area contributed by atoms with Crippen molar-refractivity contribution in [2.24, 2.45) is 29.6 Å². The Balaban J connectivity index is 0.000000141. The number of hydrogen-bond donors (Lipinski definition) is 0. The molecule has 2 saturated carbocycles. The van der Waals surface area contributed by atoms with Gasteiger partial charge in [0.15, 0.2) is 0 Å². The number of nitrogens with zero attached hydrogens (tertiary/aromatic N) is 2. The molecule has 5 fully saturated rings. The highest BCUT2D eigenvalue weighted by Crippen LogP contribution is 2.49. The second-order valence-corrected chi connectivity index (χ2v) is 9.94. The van der Waals surface area contributed by atoms with Crippen molar-refractivity contribution in [3.05, 3.63) is 0 Å². The van der Waals surface area contributed by atoms with Gasteiger partial charge in [-0.25, -0.2) is 0 Å². The Hall–Kier alpha value is -0.0800. The minimum absolute atomic E-state index is 0.857. The van der Waals surface area contributed by atoms with Crippen LogP contribution in [0.3, 0.4) is 0 Å². The van der Waals surface area contributed by atoms with E-state index in [0.29, 0.717) is 0 Å². The highest BCUT2D eigenvalue weighted by molar-refractivity contribution is 4.89. The maximum atomic E-state index is 2.68. The third kappa shape index (κ3) is 4.75. The molecule has 5 rings (SSSR count). The van der Waals surface area contributed by atoms with Gasteiger partial charge in [0.25, 0.3) is 0 Å². The lowest BCUT2D eigenvalue weighted by molar-refractivity contribution is 0.00500. The molecule has 3 aliphatic heterocycles. The van der Waals surface area contributed by atoms with E-state index >= 15 is 0 Å². The van der Waals surface area contributed by atoms with E-state index in [9.17, 15) is 0 Å². The summed E-state index contributed by atoms with van der Waals surface area (Å²) in [6.45, 7) is 16.0. The summed E-state index contributed by atoms with van der Waals surface area (Å²) in [7, 11) is 0. The first-order chi connectivity index (χ1) is 11.5. The summed E-state index contributed by atoms with van der Waals surface area (Å²) >= 11 is 0. The van der Waals surface area contributed by atoms with Gasteiger partial charge < -0.3 is 0 Å². The van der Waals surface area contributed by atoms with Crippen LogP contribution in [0.25, 0.3) is 0 Å². The minimum atomic E-state index is 0.857. The van der Waals surface area contributed by atoms with Gasteiger partial charge >= 0.3 is 0 Å². The van der Waals surface area contributed by atoms with Crippen LogP contribution < -0.4 is 0 Å². The molecular weight excluding hydrogens is 292 g/mol. The van der Waals surface area contributed by atoms with Gasteiger partial charge in [0.05, 0.1) is 0 Å². The molecule has 2 nitrogen and oxygen atoms in total. The highest BCUT2D eigenvalue weighted by atomic mass is 15.3. The number of piperazine rings is 3. The van der Waals surface area contributed by atoms with Crippen molar-refractivity contribution < 1.29 is 0 Å². The second kappa shape index (κ2) is 8.54. The van der Waals surface area contributed by atoms with Gasteiger partial charge in [0, 0.05) is 38.8 Å². The molecule has 2 heteroatoms. The molecule has 0 radical (unpaired) electrons. The Morgan fingerprint density at radius 3 is 1.79 bits per heavy atom. The SMILES string of the molecule is CC(C)CC1C2CCCC1CC2.CC(C)CC1CN2CCN1CC2. The van der Waals surface area contributed by atoms with E-state index in [-0.39, 0.29) is 0 Å². The molecule has 0 aromatic heterocycles. The van der Waals surface area contributed by atoms with E-state index in [1.54, 1.807) is 25.7 Å². The molecule has 0 spiro atoms. The maximum Gasteiger partial charge on any atom is 0.0226 e. The van der Waals surface area contributed by atoms with Crippen LogP contribution in [0.4, 0.5) is 0 Å². The zero-order valence-electron chi connectivity index (χ0n) is 16.8. The lowest BCUT2D eigenvalue weighted by Gasteiger charge is -2.48. The molecule has 0 amide bonds. The van der Waals surface area contributed by atoms with Gasteiger partial charge in [-0.1, -0.05) is 47.0 Å². The standard InChI is InChI=1S/C12H22.C10H20N2/c1-9(2)8-12-10-4-3-5-11(12)7-6-10;1-9(2)7-10-8-11-3-5-12(10)6-4-11/h9-12H,3-8H2,1-2H3;9-10H,3-8H2,1-2H3. The molecule has 3 saturated heterocycles. The van der Waals surface area contributed by atoms with Crippen LogP contribution in [0.5, 0.6) is 0 Å². The number of fused-ring (bicyclic) bond motifs is 5. The first kappa shape index (κ1) is 18.7. The smallest absolute Gasteiger partial charge is 0.0226 e. The van der Waals surface area contributed by atoms with Gasteiger partial charge in [-0.15, -0.1) is 0 Å². The summed E-state index contributed by atoms with van der Waals surface area (Å²) in [5, 5.41) is 0. The van der Waals surface area contributed by atoms with E-state index < -0.39 is 0 Å². The summed E-state index contributed by atoms with van der Waals surface area (Å²) in [5.74, 6) is 5.17. The minimum Gasteiger partial charge on any atom is -0.299 e. The average molecular weight is 335 g/mol. The van der Waals surface area contributed by atoms with Crippen molar-refractivity contribution in [3.8, 4) is 0 Å². The van der Waals surface area contributed by atoms with Crippen LogP contribution in [0.2, 0.25) is 0 Å². The first-order valence-electron chi connectivity index (χ1n) is 11.0. The molecule has 0 N–H and O–H groups in total. The summed E-state index contributed by atoms with van der Waals surface area (Å²) < 4.78 is 0. The Morgan fingerprint density at radius 1 is 0.750 bits per heavy atom. The molecule has 3 atom stereocenters. The van der Waals surface area contributed by atoms with Crippen molar-refractivity contribution in [2.75, 3.05) is 32.7 Å². The van der Waals surface area contributed by atoms with Gasteiger partial charge in [-0.2, -0.15) is 0 Å². The number of rotatable bonds is 4. The molecule has 140 valence electrons. The van der Waals surface area contributed by atoms with E-state index in [0.717, 1.165) is 35.6 Å². The largest absolute Gasteiger partial charge is 0.299 e. The summed E-state index contributed by atoms with van der Waals surface area (Å²) in [6.07, 6.45) is 10.6. The fourth-order valence-electron chi connectivity index (χ4n) is 6.02. The average Bonchev–Trinajstić information content (AvgIpc) is 2.77. The van der Waals surface area contributed by atoms with Gasteiger partial charge in [-0.3, -0.25) is 9.80 Å². The normalized spacial score (nSPS) is 40.8. The molecule has 24 heavy (non-hydrogen) atoms. The third-order valence-electron chi connectivity index (χ3n) is 7.15. The molecule has 0 aromatic rings. The van der Waals surface area contributed by atoms with Gasteiger partial charge in [0.2, 0.25) is 0 Å². The molecular formula is C22H42N2. The monoisotopic (exact) mass is 334 g/mol. The summed E-state index contributed by atoms with van der Waals surface area (Å²) in [5.41, 5.74) is 0. The molecule has 0 aromatic carbocycles. The van der Waals surface area contributed by atoms with Crippen LogP contribution in [-0.4, -0.2) is 48.6 Å². The Morgan fingerprint density at radius 2 is 1.33 bits per heavy atom. The Kier molecular flexibility index (Phi) is 6.65. The lowest BCUT2D eigenvalue weighted by atomic mass is 9.75. The molecule has 4 bridgehead atoms. The van der Waals surface area contributed by atoms with Crippen molar-refractivity contribution in [1.82, 2.24) is 9.80 Å². The fourth-order valence-corrected chi connectivity index (χ4v) is 6.02. The third-order valence-corrected chi connectivity index (χ3v) is 7.15. The van der Waals surface area contributed by atoms with E-state index in [4.69, 9.17) is 0 Å². The van der Waals surface area contributed by atoms with Crippen molar-refractivity contribution in [3.63, 3.8) is 0 Å². The molecule has 5 aliphatic rings. The topological polar surface area (TPSA) is 6.48 Å².